The largest absolute Gasteiger partial charge is 0.493 e. The molecule has 4 rings (SSSR count). The number of hydrogen-bond donors (Lipinski definition) is 1. The first kappa shape index (κ1) is 22.6. The molecule has 4 aromatic rings. The van der Waals surface area contributed by atoms with Crippen LogP contribution in [0.25, 0.3) is 16.8 Å². The third-order valence-electron chi connectivity index (χ3n) is 5.25. The van der Waals surface area contributed by atoms with Crippen LogP contribution in [0.4, 0.5) is 10.1 Å². The highest BCUT2D eigenvalue weighted by atomic mass is 19.1. The van der Waals surface area contributed by atoms with Crippen molar-refractivity contribution in [2.24, 2.45) is 0 Å². The Hall–Kier alpha value is -4.63. The van der Waals surface area contributed by atoms with Gasteiger partial charge < -0.3 is 14.8 Å². The van der Waals surface area contributed by atoms with Crippen LogP contribution in [0.3, 0.4) is 0 Å². The molecule has 0 aliphatic carbocycles. The molecule has 1 amide bonds. The van der Waals surface area contributed by atoms with Crippen molar-refractivity contribution >= 4 is 28.4 Å². The van der Waals surface area contributed by atoms with Gasteiger partial charge in [0, 0.05) is 0 Å². The van der Waals surface area contributed by atoms with Gasteiger partial charge in [-0.25, -0.2) is 4.39 Å². The number of carbonyl (C=O) groups excluding carboxylic acids is 1. The summed E-state index contributed by atoms with van der Waals surface area (Å²) in [6.45, 7) is 0.349. The third-order valence-corrected chi connectivity index (χ3v) is 5.25. The van der Waals surface area contributed by atoms with Crippen LogP contribution >= 0.6 is 0 Å². The Balaban J connectivity index is 1.53. The standard InChI is InChI=1S/C28H21FN2O3/c1-33-27-16-19(15-22(17-30)28(32)31-25-12-5-4-11-24(25)29)13-14-26(27)34-18-21-9-6-8-20-7-2-3-10-23(20)21/h2-16H,18H2,1H3,(H,31,32). The van der Waals surface area contributed by atoms with Gasteiger partial charge in [-0.15, -0.1) is 0 Å². The van der Waals surface area contributed by atoms with Crippen molar-refractivity contribution in [3.8, 4) is 17.6 Å². The summed E-state index contributed by atoms with van der Waals surface area (Å²) >= 11 is 0. The molecule has 0 atom stereocenters. The van der Waals surface area contributed by atoms with E-state index in [4.69, 9.17) is 9.47 Å². The first-order valence-electron chi connectivity index (χ1n) is 10.5. The zero-order valence-electron chi connectivity index (χ0n) is 18.4. The van der Waals surface area contributed by atoms with E-state index >= 15 is 0 Å². The smallest absolute Gasteiger partial charge is 0.266 e. The molecule has 0 saturated heterocycles. The van der Waals surface area contributed by atoms with E-state index in [0.29, 0.717) is 23.7 Å². The zero-order chi connectivity index (χ0) is 23.9. The molecule has 0 radical (unpaired) electrons. The summed E-state index contributed by atoms with van der Waals surface area (Å²) in [6, 6.07) is 26.9. The molecule has 0 aliphatic rings. The summed E-state index contributed by atoms with van der Waals surface area (Å²) < 4.78 is 25.3. The van der Waals surface area contributed by atoms with Crippen molar-refractivity contribution in [2.45, 2.75) is 6.61 Å². The van der Waals surface area contributed by atoms with Crippen LogP contribution in [0.5, 0.6) is 11.5 Å². The SMILES string of the molecule is COc1cc(C=C(C#N)C(=O)Nc2ccccc2F)ccc1OCc1cccc2ccccc12. The Labute approximate surface area is 196 Å². The van der Waals surface area contributed by atoms with Crippen LogP contribution in [0.15, 0.2) is 90.5 Å². The summed E-state index contributed by atoms with van der Waals surface area (Å²) in [7, 11) is 1.52. The van der Waals surface area contributed by atoms with Crippen LogP contribution < -0.4 is 14.8 Å². The van der Waals surface area contributed by atoms with Gasteiger partial charge in [-0.2, -0.15) is 5.26 Å². The molecule has 0 fully saturated rings. The maximum Gasteiger partial charge on any atom is 0.266 e. The predicted octanol–water partition coefficient (Wildman–Crippen LogP) is 6.11. The summed E-state index contributed by atoms with van der Waals surface area (Å²) in [4.78, 5) is 12.5. The number of carbonyl (C=O) groups is 1. The third kappa shape index (κ3) is 5.05. The zero-order valence-corrected chi connectivity index (χ0v) is 18.4. The van der Waals surface area contributed by atoms with E-state index in [1.54, 1.807) is 24.3 Å². The number of para-hydroxylation sites is 1. The van der Waals surface area contributed by atoms with Crippen LogP contribution in [-0.2, 0) is 11.4 Å². The van der Waals surface area contributed by atoms with Crippen LogP contribution in [0.1, 0.15) is 11.1 Å². The van der Waals surface area contributed by atoms with Crippen molar-refractivity contribution in [3.63, 3.8) is 0 Å². The molecule has 1 N–H and O–H groups in total. The van der Waals surface area contributed by atoms with E-state index in [9.17, 15) is 14.4 Å². The topological polar surface area (TPSA) is 71.3 Å². The highest BCUT2D eigenvalue weighted by molar-refractivity contribution is 6.09. The molecule has 4 aromatic carbocycles. The molecule has 0 unspecified atom stereocenters. The molecule has 0 aliphatic heterocycles. The first-order chi connectivity index (χ1) is 16.6. The minimum absolute atomic E-state index is 0.00316. The number of nitriles is 1. The van der Waals surface area contributed by atoms with Crippen LogP contribution in [-0.4, -0.2) is 13.0 Å². The van der Waals surface area contributed by atoms with Gasteiger partial charge in [-0.05, 0) is 52.2 Å². The lowest BCUT2D eigenvalue weighted by atomic mass is 10.1. The molecular weight excluding hydrogens is 431 g/mol. The second kappa shape index (κ2) is 10.3. The summed E-state index contributed by atoms with van der Waals surface area (Å²) in [6.07, 6.45) is 1.41. The molecule has 5 nitrogen and oxygen atoms in total. The normalized spacial score (nSPS) is 11.0. The monoisotopic (exact) mass is 452 g/mol. The van der Waals surface area contributed by atoms with E-state index in [0.717, 1.165) is 16.3 Å². The Morgan fingerprint density at radius 3 is 2.56 bits per heavy atom. The summed E-state index contributed by atoms with van der Waals surface area (Å²) in [5.41, 5.74) is 1.44. The Morgan fingerprint density at radius 1 is 1.00 bits per heavy atom. The average Bonchev–Trinajstić information content (AvgIpc) is 2.87. The number of halogens is 1. The van der Waals surface area contributed by atoms with Crippen molar-refractivity contribution < 1.29 is 18.7 Å². The Morgan fingerprint density at radius 2 is 1.76 bits per heavy atom. The minimum Gasteiger partial charge on any atom is -0.493 e. The van der Waals surface area contributed by atoms with Gasteiger partial charge in [0.05, 0.1) is 12.8 Å². The van der Waals surface area contributed by atoms with Gasteiger partial charge in [0.15, 0.2) is 11.5 Å². The Bertz CT molecular complexity index is 1420. The quantitative estimate of drug-likeness (QED) is 0.271. The van der Waals surface area contributed by atoms with Crippen molar-refractivity contribution in [1.29, 1.82) is 5.26 Å². The number of benzene rings is 4. The number of nitrogens with zero attached hydrogens (tertiary/aromatic N) is 1. The fourth-order valence-corrected chi connectivity index (χ4v) is 3.53. The molecule has 0 heterocycles. The van der Waals surface area contributed by atoms with Crippen molar-refractivity contribution in [3.05, 3.63) is 107 Å². The van der Waals surface area contributed by atoms with Gasteiger partial charge >= 0.3 is 0 Å². The summed E-state index contributed by atoms with van der Waals surface area (Å²) in [5.74, 6) is -0.298. The van der Waals surface area contributed by atoms with Crippen molar-refractivity contribution in [1.82, 2.24) is 0 Å². The fraction of sp³-hybridized carbons (Fsp3) is 0.0714. The van der Waals surface area contributed by atoms with E-state index in [2.05, 4.69) is 23.5 Å². The van der Waals surface area contributed by atoms with Gasteiger partial charge in [0.1, 0.15) is 24.1 Å². The summed E-state index contributed by atoms with van der Waals surface area (Å²) in [5, 5.41) is 14.1. The molecule has 0 spiro atoms. The van der Waals surface area contributed by atoms with Crippen molar-refractivity contribution in [2.75, 3.05) is 12.4 Å². The highest BCUT2D eigenvalue weighted by Gasteiger charge is 2.13. The number of amides is 1. The molecular formula is C28H21FN2O3. The maximum atomic E-state index is 13.8. The lowest BCUT2D eigenvalue weighted by Crippen LogP contribution is -2.14. The second-order valence-electron chi connectivity index (χ2n) is 7.44. The molecule has 168 valence electrons. The fourth-order valence-electron chi connectivity index (χ4n) is 3.53. The average molecular weight is 452 g/mol. The van der Waals surface area contributed by atoms with Gasteiger partial charge in [0.25, 0.3) is 5.91 Å². The predicted molar refractivity (Wildman–Crippen MR) is 130 cm³/mol. The number of nitrogens with one attached hydrogen (secondary N) is 1. The number of methoxy groups -OCH3 is 1. The van der Waals surface area contributed by atoms with E-state index in [-0.39, 0.29) is 11.3 Å². The van der Waals surface area contributed by atoms with E-state index < -0.39 is 11.7 Å². The van der Waals surface area contributed by atoms with E-state index in [1.807, 2.05) is 30.3 Å². The van der Waals surface area contributed by atoms with Crippen LogP contribution in [0, 0.1) is 17.1 Å². The lowest BCUT2D eigenvalue weighted by Gasteiger charge is -2.13. The molecule has 34 heavy (non-hydrogen) atoms. The second-order valence-corrected chi connectivity index (χ2v) is 7.44. The minimum atomic E-state index is -0.706. The lowest BCUT2D eigenvalue weighted by molar-refractivity contribution is -0.112. The number of fused-ring (bicyclic) bond motifs is 1. The number of hydrogen-bond acceptors (Lipinski definition) is 4. The molecule has 0 saturated carbocycles. The maximum absolute atomic E-state index is 13.8. The molecule has 0 bridgehead atoms. The van der Waals surface area contributed by atoms with Gasteiger partial charge in [-0.1, -0.05) is 60.7 Å². The van der Waals surface area contributed by atoms with Gasteiger partial charge in [-0.3, -0.25) is 4.79 Å². The Kier molecular flexibility index (Phi) is 6.85. The van der Waals surface area contributed by atoms with Gasteiger partial charge in [0.2, 0.25) is 0 Å². The number of rotatable bonds is 7. The number of anilines is 1. The molecule has 0 aromatic heterocycles. The molecule has 6 heteroatoms. The number of ether oxygens (including phenoxy) is 2. The highest BCUT2D eigenvalue weighted by Crippen LogP contribution is 2.30. The first-order valence-corrected chi connectivity index (χ1v) is 10.5. The van der Waals surface area contributed by atoms with E-state index in [1.165, 1.54) is 31.4 Å². The van der Waals surface area contributed by atoms with Crippen LogP contribution in [0.2, 0.25) is 0 Å².